The van der Waals surface area contributed by atoms with Crippen molar-refractivity contribution in [2.24, 2.45) is 32.9 Å². The maximum absolute atomic E-state index is 14.8. The predicted octanol–water partition coefficient (Wildman–Crippen LogP) is 3.90. The largest absolute Gasteiger partial charge is 0.481 e. The van der Waals surface area contributed by atoms with Crippen molar-refractivity contribution in [2.75, 3.05) is 39.5 Å². The second-order valence-corrected chi connectivity index (χ2v) is 23.3. The number of benzene rings is 6. The van der Waals surface area contributed by atoms with Crippen LogP contribution in [0.3, 0.4) is 0 Å². The molecule has 0 fully saturated rings. The zero-order valence-electron chi connectivity index (χ0n) is 49.6. The Kier molecular flexibility index (Phi) is 26.4. The molecule has 0 aliphatic heterocycles. The monoisotopic (exact) mass is 1340 g/mol. The number of ether oxygens (including phenoxy) is 6. The molecule has 34 heteroatoms. The molecule has 6 aromatic carbocycles. The Morgan fingerprint density at radius 1 is 0.436 bits per heavy atom. The highest BCUT2D eigenvalue weighted by molar-refractivity contribution is 7.87. The molecule has 0 spiro atoms. The molecule has 0 aliphatic rings. The van der Waals surface area contributed by atoms with Crippen molar-refractivity contribution in [1.29, 1.82) is 0 Å². The Hall–Kier alpha value is -11.0. The fourth-order valence-electron chi connectivity index (χ4n) is 8.49. The number of carboxylic acid groups (broad SMARTS) is 4. The van der Waals surface area contributed by atoms with Gasteiger partial charge in [0.25, 0.3) is 0 Å². The Morgan fingerprint density at radius 2 is 0.777 bits per heavy atom. The van der Waals surface area contributed by atoms with Crippen molar-refractivity contribution < 1.29 is 104 Å². The lowest BCUT2D eigenvalue weighted by Gasteiger charge is -2.32. The third kappa shape index (κ3) is 21.8. The van der Waals surface area contributed by atoms with E-state index in [1.807, 2.05) is 0 Å². The van der Waals surface area contributed by atoms with Crippen LogP contribution in [0.2, 0.25) is 0 Å². The summed E-state index contributed by atoms with van der Waals surface area (Å²) < 4.78 is 92.8. The number of nitrogens with zero attached hydrogens (tertiary/aromatic N) is 6. The van der Waals surface area contributed by atoms with Crippen LogP contribution >= 0.6 is 0 Å². The summed E-state index contributed by atoms with van der Waals surface area (Å²) in [4.78, 5) is 112. The van der Waals surface area contributed by atoms with Gasteiger partial charge < -0.3 is 71.8 Å². The highest BCUT2D eigenvalue weighted by Gasteiger charge is 2.44. The molecule has 94 heavy (non-hydrogen) atoms. The van der Waals surface area contributed by atoms with Gasteiger partial charge in [0.2, 0.25) is 0 Å². The van der Waals surface area contributed by atoms with Gasteiger partial charge in [-0.15, -0.1) is 0 Å². The van der Waals surface area contributed by atoms with E-state index in [1.165, 1.54) is 97.1 Å². The topological polar surface area (TPSA) is 483 Å². The number of carbonyl (C=O) groups excluding carboxylic acids is 4. The molecule has 498 valence electrons. The van der Waals surface area contributed by atoms with Gasteiger partial charge in [0.15, 0.2) is 11.9 Å². The first-order valence-electron chi connectivity index (χ1n) is 27.8. The molecule has 2 atom stereocenters. The van der Waals surface area contributed by atoms with Crippen LogP contribution in [0, 0.1) is 0 Å². The molecule has 12 N–H and O–H groups in total. The van der Waals surface area contributed by atoms with Gasteiger partial charge in [-0.3, -0.25) is 19.2 Å². The highest BCUT2D eigenvalue weighted by atomic mass is 32.2. The van der Waals surface area contributed by atoms with Gasteiger partial charge in [-0.2, -0.15) is 34.1 Å². The second kappa shape index (κ2) is 34.4. The number of hydrogen-bond acceptors (Lipinski definition) is 20. The van der Waals surface area contributed by atoms with Crippen LogP contribution in [-0.4, -0.2) is 166 Å². The minimum Gasteiger partial charge on any atom is -0.481 e. The highest BCUT2D eigenvalue weighted by Crippen LogP contribution is 2.27. The molecule has 2 amide bonds. The van der Waals surface area contributed by atoms with Crippen LogP contribution in [-0.2, 0) is 84.8 Å². The smallest absolute Gasteiger partial charge is 0.425 e. The van der Waals surface area contributed by atoms with Crippen molar-refractivity contribution in [3.8, 4) is 11.5 Å². The van der Waals surface area contributed by atoms with Crippen LogP contribution in [0.1, 0.15) is 55.8 Å². The lowest BCUT2D eigenvalue weighted by atomic mass is 10.2. The van der Waals surface area contributed by atoms with E-state index in [0.29, 0.717) is 22.5 Å². The summed E-state index contributed by atoms with van der Waals surface area (Å²) in [6.45, 7) is -7.29. The lowest BCUT2D eigenvalue weighted by Crippen LogP contribution is -2.54. The van der Waals surface area contributed by atoms with Gasteiger partial charge in [0.05, 0.1) is 74.9 Å². The molecule has 0 aliphatic carbocycles. The molecule has 0 aromatic heterocycles. The summed E-state index contributed by atoms with van der Waals surface area (Å²) >= 11 is 0. The second-order valence-electron chi connectivity index (χ2n) is 19.7. The summed E-state index contributed by atoms with van der Waals surface area (Å²) in [7, 11) is -11.0. The zero-order valence-corrected chi connectivity index (χ0v) is 51.2. The lowest BCUT2D eigenvalue weighted by molar-refractivity contribution is -0.148. The Morgan fingerprint density at radius 3 is 1.10 bits per heavy atom. The van der Waals surface area contributed by atoms with Crippen LogP contribution in [0.15, 0.2) is 168 Å². The molecule has 0 heterocycles. The van der Waals surface area contributed by atoms with Gasteiger partial charge in [0, 0.05) is 13.1 Å². The summed E-state index contributed by atoms with van der Waals surface area (Å²) in [6, 6.07) is 32.7. The predicted molar refractivity (Wildman–Crippen MR) is 331 cm³/mol. The summed E-state index contributed by atoms with van der Waals surface area (Å²) in [5.41, 5.74) is 23.2. The molecule has 0 unspecified atom stereocenters. The van der Waals surface area contributed by atoms with E-state index >= 15 is 0 Å². The zero-order chi connectivity index (χ0) is 68.5. The van der Waals surface area contributed by atoms with E-state index in [9.17, 15) is 75.6 Å². The van der Waals surface area contributed by atoms with E-state index in [-0.39, 0.29) is 62.9 Å². The molecule has 0 saturated heterocycles. The SMILES string of the molecule is NC(N)=Nc1ccc(C(=O)Oc2cccc(CN(C(=O)OCc3ccccc3)S(=O)(=O)N(CCOCCOCCN([C@@H](CC(=O)O)C(=O)O)S(=O)(=O)N(Cc3cccc(OC(=O)c4ccc(N=C(N)N)cc4)c3)C(=O)OCc3ccccc3)[C@@H](CC(=O)O)C(=O)O)c2)cc1. The molecule has 6 aromatic rings. The maximum Gasteiger partial charge on any atom is 0.425 e. The molecule has 0 bridgehead atoms. The quantitative estimate of drug-likeness (QED) is 0.00919. The fourth-order valence-corrected chi connectivity index (χ4v) is 11.7. The third-order valence-corrected chi connectivity index (χ3v) is 16.6. The number of rotatable bonds is 35. The first-order valence-corrected chi connectivity index (χ1v) is 30.6. The Labute approximate surface area is 537 Å². The van der Waals surface area contributed by atoms with E-state index in [0.717, 1.165) is 0 Å². The molecule has 0 saturated carbocycles. The Bertz CT molecular complexity index is 3680. The fraction of sp³-hybridized carbons (Fsp3) is 0.233. The molecule has 0 radical (unpaired) electrons. The number of esters is 2. The van der Waals surface area contributed by atoms with Gasteiger partial charge >= 0.3 is 68.4 Å². The number of aliphatic carboxylic acids is 4. The number of hydrogen-bond donors (Lipinski definition) is 8. The number of aliphatic imine (C=N–C) groups is 2. The minimum atomic E-state index is -5.49. The van der Waals surface area contributed by atoms with Crippen molar-refractivity contribution in [3.05, 3.63) is 191 Å². The maximum atomic E-state index is 14.8. The number of guanidine groups is 2. The standard InChI is InChI=1S/C60H64N10O22S2/c61-57(62)65-45-21-17-43(18-22-45)55(79)91-47-15-7-13-41(31-47)35-69(59(81)89-37-39-9-3-1-4-10-39)93(83,84)67(49(53(75)76)33-51(71)72)25-27-87-29-30-88-28-26-68(50(54(77)78)34-52(73)74)94(85,86)70(60(82)90-38-40-11-5-2-6-12-40)36-42-14-8-16-48(32-42)92-56(80)44-19-23-46(24-20-44)66-58(63)64/h1-24,31-32,49-50H,25-30,33-38H2,(H,71,72)(H,73,74)(H,75,76)(H,77,78)(H4,61,62,65)(H4,63,64,66)/t49-,50-/m0/s1. The van der Waals surface area contributed by atoms with Crippen LogP contribution < -0.4 is 32.4 Å². The number of carbonyl (C=O) groups is 8. The van der Waals surface area contributed by atoms with Gasteiger partial charge in [-0.05, 0) is 95.1 Å². The first kappa shape index (κ1) is 72.0. The van der Waals surface area contributed by atoms with Gasteiger partial charge in [0.1, 0.15) is 36.8 Å². The van der Waals surface area contributed by atoms with Crippen molar-refractivity contribution in [2.45, 2.75) is 51.2 Å². The van der Waals surface area contributed by atoms with E-state index in [2.05, 4.69) is 9.98 Å². The van der Waals surface area contributed by atoms with Crippen LogP contribution in [0.25, 0.3) is 0 Å². The summed E-state index contributed by atoms with van der Waals surface area (Å²) in [5, 5.41) is 40.2. The third-order valence-electron chi connectivity index (χ3n) is 12.8. The minimum absolute atomic E-state index is 0.0249. The number of amides is 2. The molecule has 32 nitrogen and oxygen atoms in total. The van der Waals surface area contributed by atoms with E-state index in [4.69, 9.17) is 51.4 Å². The average Bonchev–Trinajstić information content (AvgIpc) is 0.796. The molecule has 6 rings (SSSR count). The number of carboxylic acids is 4. The summed E-state index contributed by atoms with van der Waals surface area (Å²) in [5.74, 6) is -9.96. The molecular weight excluding hydrogens is 1280 g/mol. The normalized spacial score (nSPS) is 11.9. The van der Waals surface area contributed by atoms with Crippen LogP contribution in [0.4, 0.5) is 21.0 Å². The van der Waals surface area contributed by atoms with Crippen LogP contribution in [0.5, 0.6) is 11.5 Å². The Balaban J connectivity index is 1.20. The molecular formula is C60H64N10O22S2. The van der Waals surface area contributed by atoms with E-state index in [1.54, 1.807) is 60.7 Å². The van der Waals surface area contributed by atoms with E-state index < -0.39 is 159 Å². The average molecular weight is 1340 g/mol. The van der Waals surface area contributed by atoms with Crippen molar-refractivity contribution >= 4 is 91.7 Å². The first-order chi connectivity index (χ1) is 44.7. The van der Waals surface area contributed by atoms with Gasteiger partial charge in [-0.25, -0.2) is 29.2 Å². The number of nitrogens with two attached hydrogens (primary N) is 4. The van der Waals surface area contributed by atoms with Crippen molar-refractivity contribution in [3.63, 3.8) is 0 Å². The van der Waals surface area contributed by atoms with Gasteiger partial charge in [-0.1, -0.05) is 84.9 Å². The summed E-state index contributed by atoms with van der Waals surface area (Å²) in [6.07, 6.45) is -5.79. The van der Waals surface area contributed by atoms with Crippen molar-refractivity contribution in [1.82, 2.24) is 17.2 Å².